The van der Waals surface area contributed by atoms with Crippen LogP contribution >= 0.6 is 0 Å². The standard InChI is InChI=1S/C20H31NO6/c1-4-19(22)25-13-21-14(2)26-17-9-11-18(12-10-17)27-20(23)15-5-7-16(24-3)8-6-15/h4,15-18H,1,5-13H2,2-3H3. The van der Waals surface area contributed by atoms with Crippen molar-refractivity contribution in [3.63, 3.8) is 0 Å². The SMILES string of the molecule is C=CC(=O)OCN=C(C)OC1CCC(OC(=O)C2CCC(OC)CC2)CC1. The van der Waals surface area contributed by atoms with E-state index in [1.54, 1.807) is 14.0 Å². The van der Waals surface area contributed by atoms with Gasteiger partial charge in [-0.3, -0.25) is 4.79 Å². The summed E-state index contributed by atoms with van der Waals surface area (Å²) >= 11 is 0. The Balaban J connectivity index is 1.65. The van der Waals surface area contributed by atoms with Crippen molar-refractivity contribution in [3.05, 3.63) is 12.7 Å². The van der Waals surface area contributed by atoms with Gasteiger partial charge in [0.05, 0.1) is 12.0 Å². The van der Waals surface area contributed by atoms with Crippen LogP contribution in [-0.4, -0.2) is 50.0 Å². The molecule has 0 aliphatic heterocycles. The summed E-state index contributed by atoms with van der Waals surface area (Å²) in [7, 11) is 1.73. The van der Waals surface area contributed by atoms with Crippen LogP contribution in [0.1, 0.15) is 58.3 Å². The van der Waals surface area contributed by atoms with Crippen LogP contribution in [0, 0.1) is 5.92 Å². The molecule has 0 aromatic carbocycles. The third-order valence-electron chi connectivity index (χ3n) is 5.24. The van der Waals surface area contributed by atoms with Crippen LogP contribution in [0.3, 0.4) is 0 Å². The normalized spacial score (nSPS) is 28.9. The van der Waals surface area contributed by atoms with E-state index >= 15 is 0 Å². The maximum absolute atomic E-state index is 12.4. The summed E-state index contributed by atoms with van der Waals surface area (Å²) in [6, 6.07) is 0. The number of esters is 2. The van der Waals surface area contributed by atoms with Crippen molar-refractivity contribution in [2.24, 2.45) is 10.9 Å². The zero-order valence-electron chi connectivity index (χ0n) is 16.4. The van der Waals surface area contributed by atoms with Crippen molar-refractivity contribution in [2.75, 3.05) is 13.8 Å². The Kier molecular flexibility index (Phi) is 8.78. The quantitative estimate of drug-likeness (QED) is 0.291. The molecule has 0 saturated heterocycles. The Morgan fingerprint density at radius 2 is 1.52 bits per heavy atom. The third kappa shape index (κ3) is 7.33. The zero-order valence-corrected chi connectivity index (χ0v) is 16.4. The van der Waals surface area contributed by atoms with Gasteiger partial charge in [0.25, 0.3) is 0 Å². The molecule has 2 aliphatic rings. The Morgan fingerprint density at radius 1 is 0.963 bits per heavy atom. The van der Waals surface area contributed by atoms with Gasteiger partial charge >= 0.3 is 11.9 Å². The van der Waals surface area contributed by atoms with Crippen LogP contribution in [-0.2, 0) is 28.5 Å². The van der Waals surface area contributed by atoms with Crippen molar-refractivity contribution in [1.29, 1.82) is 0 Å². The molecular weight excluding hydrogens is 350 g/mol. The predicted octanol–water partition coefficient (Wildman–Crippen LogP) is 3.17. The maximum atomic E-state index is 12.4. The topological polar surface area (TPSA) is 83.4 Å². The van der Waals surface area contributed by atoms with E-state index in [-0.39, 0.29) is 36.9 Å². The zero-order chi connectivity index (χ0) is 19.6. The minimum Gasteiger partial charge on any atom is -0.478 e. The first-order valence-corrected chi connectivity index (χ1v) is 9.72. The van der Waals surface area contributed by atoms with E-state index < -0.39 is 5.97 Å². The Hall–Kier alpha value is -1.89. The molecule has 0 heterocycles. The summed E-state index contributed by atoms with van der Waals surface area (Å²) in [5, 5.41) is 0. The average molecular weight is 381 g/mol. The number of carbonyl (C=O) groups is 2. The summed E-state index contributed by atoms with van der Waals surface area (Å²) < 4.78 is 21.6. The molecule has 2 saturated carbocycles. The number of nitrogens with zero attached hydrogens (tertiary/aromatic N) is 1. The molecule has 0 spiro atoms. The Morgan fingerprint density at radius 3 is 2.07 bits per heavy atom. The van der Waals surface area contributed by atoms with Crippen LogP contribution in [0.25, 0.3) is 0 Å². The smallest absolute Gasteiger partial charge is 0.331 e. The second-order valence-electron chi connectivity index (χ2n) is 7.14. The van der Waals surface area contributed by atoms with Crippen molar-refractivity contribution in [2.45, 2.75) is 76.6 Å². The molecule has 27 heavy (non-hydrogen) atoms. The summed E-state index contributed by atoms with van der Waals surface area (Å²) in [5.41, 5.74) is 0. The average Bonchev–Trinajstić information content (AvgIpc) is 2.69. The molecular formula is C20H31NO6. The molecule has 7 heteroatoms. The van der Waals surface area contributed by atoms with Crippen LogP contribution < -0.4 is 0 Å². The van der Waals surface area contributed by atoms with Crippen LogP contribution in [0.5, 0.6) is 0 Å². The molecule has 0 unspecified atom stereocenters. The third-order valence-corrected chi connectivity index (χ3v) is 5.24. The Labute approximate surface area is 161 Å². The first kappa shape index (κ1) is 21.4. The number of hydrogen-bond acceptors (Lipinski definition) is 7. The highest BCUT2D eigenvalue weighted by Crippen LogP contribution is 2.29. The molecule has 7 nitrogen and oxygen atoms in total. The van der Waals surface area contributed by atoms with E-state index in [9.17, 15) is 9.59 Å². The van der Waals surface area contributed by atoms with Gasteiger partial charge in [0.15, 0.2) is 12.6 Å². The molecule has 0 amide bonds. The van der Waals surface area contributed by atoms with Crippen molar-refractivity contribution < 1.29 is 28.5 Å². The monoisotopic (exact) mass is 381 g/mol. The Bertz CT molecular complexity index is 531. The highest BCUT2D eigenvalue weighted by atomic mass is 16.6. The van der Waals surface area contributed by atoms with Gasteiger partial charge in [-0.05, 0) is 51.4 Å². The molecule has 152 valence electrons. The summed E-state index contributed by atoms with van der Waals surface area (Å²) in [4.78, 5) is 27.4. The van der Waals surface area contributed by atoms with E-state index in [2.05, 4.69) is 11.6 Å². The fourth-order valence-corrected chi connectivity index (χ4v) is 3.59. The summed E-state index contributed by atoms with van der Waals surface area (Å²) in [6.07, 6.45) is 8.18. The van der Waals surface area contributed by atoms with E-state index in [1.165, 1.54) is 0 Å². The molecule has 0 aromatic heterocycles. The van der Waals surface area contributed by atoms with Gasteiger partial charge in [0.2, 0.25) is 0 Å². The minimum absolute atomic E-state index is 0.0121. The first-order chi connectivity index (χ1) is 13.0. The van der Waals surface area contributed by atoms with Crippen molar-refractivity contribution in [1.82, 2.24) is 0 Å². The lowest BCUT2D eigenvalue weighted by Gasteiger charge is -2.31. The van der Waals surface area contributed by atoms with Gasteiger partial charge in [0, 0.05) is 20.1 Å². The lowest BCUT2D eigenvalue weighted by Crippen LogP contribution is -2.33. The van der Waals surface area contributed by atoms with E-state index in [4.69, 9.17) is 18.9 Å². The van der Waals surface area contributed by atoms with Gasteiger partial charge in [-0.15, -0.1) is 0 Å². The predicted molar refractivity (Wildman–Crippen MR) is 100 cm³/mol. The lowest BCUT2D eigenvalue weighted by atomic mass is 9.87. The summed E-state index contributed by atoms with van der Waals surface area (Å²) in [6.45, 7) is 4.99. The molecule has 0 radical (unpaired) electrons. The fourth-order valence-electron chi connectivity index (χ4n) is 3.59. The molecule has 2 rings (SSSR count). The van der Waals surface area contributed by atoms with Gasteiger partial charge in [-0.1, -0.05) is 6.58 Å². The van der Waals surface area contributed by atoms with Crippen molar-refractivity contribution >= 4 is 17.8 Å². The highest BCUT2D eigenvalue weighted by Gasteiger charge is 2.31. The number of aliphatic imine (C=N–C) groups is 1. The highest BCUT2D eigenvalue weighted by molar-refractivity contribution is 5.81. The van der Waals surface area contributed by atoms with E-state index in [0.717, 1.165) is 57.4 Å². The van der Waals surface area contributed by atoms with Gasteiger partial charge in [-0.2, -0.15) is 0 Å². The van der Waals surface area contributed by atoms with Gasteiger partial charge < -0.3 is 18.9 Å². The maximum Gasteiger partial charge on any atom is 0.331 e. The number of ether oxygens (including phenoxy) is 4. The first-order valence-electron chi connectivity index (χ1n) is 9.72. The fraction of sp³-hybridized carbons (Fsp3) is 0.750. The van der Waals surface area contributed by atoms with Gasteiger partial charge in [0.1, 0.15) is 12.2 Å². The molecule has 2 fully saturated rings. The molecule has 0 aromatic rings. The molecule has 0 bridgehead atoms. The molecule has 0 N–H and O–H groups in total. The number of hydrogen-bond donors (Lipinski definition) is 0. The van der Waals surface area contributed by atoms with Crippen molar-refractivity contribution in [3.8, 4) is 0 Å². The molecule has 2 aliphatic carbocycles. The number of carbonyl (C=O) groups excluding carboxylic acids is 2. The van der Waals surface area contributed by atoms with E-state index in [0.29, 0.717) is 5.90 Å². The second kappa shape index (κ2) is 11.1. The largest absolute Gasteiger partial charge is 0.478 e. The molecule has 0 atom stereocenters. The van der Waals surface area contributed by atoms with Crippen LogP contribution in [0.15, 0.2) is 17.6 Å². The second-order valence-corrected chi connectivity index (χ2v) is 7.14. The van der Waals surface area contributed by atoms with Crippen LogP contribution in [0.2, 0.25) is 0 Å². The number of rotatable bonds is 7. The summed E-state index contributed by atoms with van der Waals surface area (Å²) in [5.74, 6) is -0.0690. The number of methoxy groups -OCH3 is 1. The van der Waals surface area contributed by atoms with Crippen LogP contribution in [0.4, 0.5) is 0 Å². The van der Waals surface area contributed by atoms with Gasteiger partial charge in [-0.25, -0.2) is 9.79 Å². The minimum atomic E-state index is -0.510. The lowest BCUT2D eigenvalue weighted by molar-refractivity contribution is -0.158. The van der Waals surface area contributed by atoms with E-state index in [1.807, 2.05) is 0 Å².